The lowest BCUT2D eigenvalue weighted by molar-refractivity contribution is 0.309. The lowest BCUT2D eigenvalue weighted by Gasteiger charge is -2.05. The summed E-state index contributed by atoms with van der Waals surface area (Å²) in [6, 6.07) is 15.2. The molecule has 0 spiro atoms. The summed E-state index contributed by atoms with van der Waals surface area (Å²) in [7, 11) is 1.61. The van der Waals surface area contributed by atoms with Crippen molar-refractivity contribution in [3.05, 3.63) is 69.0 Å². The van der Waals surface area contributed by atoms with E-state index in [4.69, 9.17) is 9.47 Å². The molecule has 0 amide bonds. The molecule has 148 valence electrons. The van der Waals surface area contributed by atoms with Crippen molar-refractivity contribution in [1.82, 2.24) is 14.6 Å². The summed E-state index contributed by atoms with van der Waals surface area (Å²) in [5.74, 6) is 2.06. The molecule has 0 bridgehead atoms. The number of unbranched alkanes of at least 4 members (excludes halogenated alkanes) is 1. The molecule has 0 saturated carbocycles. The number of fused-ring (bicyclic) bond motifs is 1. The lowest BCUT2D eigenvalue weighted by atomic mass is 10.2. The van der Waals surface area contributed by atoms with Crippen LogP contribution in [0, 0.1) is 0 Å². The van der Waals surface area contributed by atoms with Crippen LogP contribution in [0.15, 0.2) is 53.3 Å². The monoisotopic (exact) mass is 407 g/mol. The number of aromatic nitrogens is 3. The van der Waals surface area contributed by atoms with Crippen LogP contribution in [0.5, 0.6) is 11.5 Å². The molecule has 0 fully saturated rings. The first-order chi connectivity index (χ1) is 14.2. The average Bonchev–Trinajstić information content (AvgIpc) is 3.29. The fraction of sp³-hybridized carbons (Fsp3) is 0.227. The standard InChI is InChI=1S/C22H21N3O3S/c1-3-4-13-28-17-11-9-15(10-12-17)20-23-22-25(24-20)21(26)19(29-22)14-16-7-5-6-8-18(16)27-2/h5-12,14H,3-4,13H2,1-2H3/b19-14-. The van der Waals surface area contributed by atoms with E-state index in [0.717, 1.165) is 29.7 Å². The highest BCUT2D eigenvalue weighted by Gasteiger charge is 2.12. The lowest BCUT2D eigenvalue weighted by Crippen LogP contribution is -2.23. The number of benzene rings is 2. The first kappa shape index (κ1) is 19.1. The van der Waals surface area contributed by atoms with E-state index < -0.39 is 0 Å². The van der Waals surface area contributed by atoms with Crippen LogP contribution >= 0.6 is 11.3 Å². The minimum atomic E-state index is -0.186. The Kier molecular flexibility index (Phi) is 5.57. The summed E-state index contributed by atoms with van der Waals surface area (Å²) in [4.78, 5) is 17.9. The van der Waals surface area contributed by atoms with Gasteiger partial charge in [-0.05, 0) is 42.8 Å². The molecule has 0 aliphatic heterocycles. The molecule has 4 rings (SSSR count). The van der Waals surface area contributed by atoms with Crippen LogP contribution in [-0.4, -0.2) is 28.3 Å². The van der Waals surface area contributed by atoms with Gasteiger partial charge in [-0.2, -0.15) is 9.50 Å². The van der Waals surface area contributed by atoms with Gasteiger partial charge in [0.15, 0.2) is 5.82 Å². The Balaban J connectivity index is 1.63. The minimum Gasteiger partial charge on any atom is -0.496 e. The van der Waals surface area contributed by atoms with Gasteiger partial charge in [-0.1, -0.05) is 42.9 Å². The van der Waals surface area contributed by atoms with Gasteiger partial charge in [-0.3, -0.25) is 4.79 Å². The normalized spacial score (nSPS) is 11.9. The van der Waals surface area contributed by atoms with Crippen molar-refractivity contribution in [2.24, 2.45) is 0 Å². The van der Waals surface area contributed by atoms with E-state index >= 15 is 0 Å². The quantitative estimate of drug-likeness (QED) is 0.438. The fourth-order valence-electron chi connectivity index (χ4n) is 2.92. The Bertz CT molecular complexity index is 1230. The fourth-order valence-corrected chi connectivity index (χ4v) is 3.82. The van der Waals surface area contributed by atoms with Gasteiger partial charge in [0.1, 0.15) is 11.5 Å². The molecule has 0 unspecified atom stereocenters. The van der Waals surface area contributed by atoms with Crippen molar-refractivity contribution >= 4 is 22.4 Å². The number of hydrogen-bond donors (Lipinski definition) is 0. The predicted molar refractivity (Wildman–Crippen MR) is 115 cm³/mol. The van der Waals surface area contributed by atoms with Gasteiger partial charge in [-0.25, -0.2) is 0 Å². The van der Waals surface area contributed by atoms with Crippen LogP contribution in [-0.2, 0) is 0 Å². The SMILES string of the molecule is CCCCOc1ccc(-c2nc3s/c(=C\c4ccccc4OC)c(=O)n3n2)cc1. The highest BCUT2D eigenvalue weighted by atomic mass is 32.1. The third kappa shape index (κ3) is 4.00. The Hall–Kier alpha value is -3.19. The highest BCUT2D eigenvalue weighted by Crippen LogP contribution is 2.21. The zero-order chi connectivity index (χ0) is 20.2. The summed E-state index contributed by atoms with van der Waals surface area (Å²) in [5, 5.41) is 4.40. The van der Waals surface area contributed by atoms with E-state index in [0.29, 0.717) is 27.7 Å². The van der Waals surface area contributed by atoms with Gasteiger partial charge < -0.3 is 9.47 Å². The molecule has 0 radical (unpaired) electrons. The van der Waals surface area contributed by atoms with E-state index in [1.54, 1.807) is 7.11 Å². The number of hydrogen-bond acceptors (Lipinski definition) is 6. The van der Waals surface area contributed by atoms with Crippen LogP contribution in [0.4, 0.5) is 0 Å². The van der Waals surface area contributed by atoms with Gasteiger partial charge in [0.25, 0.3) is 5.56 Å². The summed E-state index contributed by atoms with van der Waals surface area (Å²) >= 11 is 1.31. The summed E-state index contributed by atoms with van der Waals surface area (Å²) in [5.41, 5.74) is 1.50. The maximum absolute atomic E-state index is 12.8. The predicted octanol–water partition coefficient (Wildman–Crippen LogP) is 3.55. The van der Waals surface area contributed by atoms with E-state index in [1.165, 1.54) is 15.9 Å². The molecule has 2 aromatic carbocycles. The average molecular weight is 407 g/mol. The van der Waals surface area contributed by atoms with E-state index in [1.807, 2.05) is 54.6 Å². The molecular weight excluding hydrogens is 386 g/mol. The third-order valence-corrected chi connectivity index (χ3v) is 5.45. The molecule has 0 N–H and O–H groups in total. The van der Waals surface area contributed by atoms with Gasteiger partial charge in [0, 0.05) is 11.1 Å². The van der Waals surface area contributed by atoms with Crippen molar-refractivity contribution in [2.75, 3.05) is 13.7 Å². The van der Waals surface area contributed by atoms with Gasteiger partial charge in [0.2, 0.25) is 4.96 Å². The molecule has 0 saturated heterocycles. The first-order valence-electron chi connectivity index (χ1n) is 9.47. The van der Waals surface area contributed by atoms with Crippen molar-refractivity contribution < 1.29 is 9.47 Å². The van der Waals surface area contributed by atoms with E-state index in [2.05, 4.69) is 17.0 Å². The van der Waals surface area contributed by atoms with Crippen LogP contribution in [0.25, 0.3) is 22.4 Å². The smallest absolute Gasteiger partial charge is 0.291 e. The van der Waals surface area contributed by atoms with E-state index in [-0.39, 0.29) is 5.56 Å². The molecule has 0 aliphatic carbocycles. The van der Waals surface area contributed by atoms with Crippen LogP contribution in [0.3, 0.4) is 0 Å². The Morgan fingerprint density at radius 3 is 2.66 bits per heavy atom. The van der Waals surface area contributed by atoms with Crippen LogP contribution in [0.1, 0.15) is 25.3 Å². The number of nitrogens with zero attached hydrogens (tertiary/aromatic N) is 3. The molecule has 29 heavy (non-hydrogen) atoms. The maximum atomic E-state index is 12.8. The number of thiazole rings is 1. The zero-order valence-electron chi connectivity index (χ0n) is 16.3. The van der Waals surface area contributed by atoms with Crippen molar-refractivity contribution in [2.45, 2.75) is 19.8 Å². The second-order valence-corrected chi connectivity index (χ2v) is 7.52. The largest absolute Gasteiger partial charge is 0.496 e. The maximum Gasteiger partial charge on any atom is 0.291 e. The van der Waals surface area contributed by atoms with E-state index in [9.17, 15) is 4.79 Å². The van der Waals surface area contributed by atoms with Crippen LogP contribution < -0.4 is 19.6 Å². The van der Waals surface area contributed by atoms with Crippen molar-refractivity contribution in [3.8, 4) is 22.9 Å². The van der Waals surface area contributed by atoms with Crippen molar-refractivity contribution in [3.63, 3.8) is 0 Å². The Morgan fingerprint density at radius 1 is 1.14 bits per heavy atom. The number of methoxy groups -OCH3 is 1. The summed E-state index contributed by atoms with van der Waals surface area (Å²) in [6.07, 6.45) is 3.94. The zero-order valence-corrected chi connectivity index (χ0v) is 17.1. The highest BCUT2D eigenvalue weighted by molar-refractivity contribution is 7.15. The second-order valence-electron chi connectivity index (χ2n) is 6.51. The van der Waals surface area contributed by atoms with Gasteiger partial charge >= 0.3 is 0 Å². The Morgan fingerprint density at radius 2 is 1.93 bits per heavy atom. The first-order valence-corrected chi connectivity index (χ1v) is 10.3. The molecule has 7 heteroatoms. The van der Waals surface area contributed by atoms with Gasteiger partial charge in [0.05, 0.1) is 18.2 Å². The molecule has 2 aromatic heterocycles. The molecule has 6 nitrogen and oxygen atoms in total. The molecular formula is C22H21N3O3S. The molecule has 0 aliphatic rings. The van der Waals surface area contributed by atoms with Crippen molar-refractivity contribution in [1.29, 1.82) is 0 Å². The third-order valence-electron chi connectivity index (χ3n) is 4.49. The van der Waals surface area contributed by atoms with Crippen LogP contribution in [0.2, 0.25) is 0 Å². The number of ether oxygens (including phenoxy) is 2. The molecule has 0 atom stereocenters. The minimum absolute atomic E-state index is 0.186. The number of rotatable bonds is 7. The number of para-hydroxylation sites is 1. The molecule has 4 aromatic rings. The Labute approximate surface area is 172 Å². The second kappa shape index (κ2) is 8.45. The topological polar surface area (TPSA) is 65.7 Å². The summed E-state index contributed by atoms with van der Waals surface area (Å²) < 4.78 is 13.0. The van der Waals surface area contributed by atoms with Gasteiger partial charge in [-0.15, -0.1) is 5.10 Å². The summed E-state index contributed by atoms with van der Waals surface area (Å²) in [6.45, 7) is 2.84. The molecule has 2 heterocycles.